The van der Waals surface area contributed by atoms with Crippen LogP contribution in [0.15, 0.2) is 48.5 Å². The number of benzene rings is 2. The zero-order valence-electron chi connectivity index (χ0n) is 18.4. The Morgan fingerprint density at radius 3 is 2.22 bits per heavy atom. The second kappa shape index (κ2) is 8.90. The van der Waals surface area contributed by atoms with Crippen LogP contribution in [0.1, 0.15) is 50.9 Å². The maximum Gasteiger partial charge on any atom is 0.308 e. The van der Waals surface area contributed by atoms with Crippen LogP contribution in [-0.2, 0) is 14.4 Å². The smallest absolute Gasteiger partial charge is 0.308 e. The van der Waals surface area contributed by atoms with Crippen molar-refractivity contribution in [2.75, 3.05) is 4.90 Å². The van der Waals surface area contributed by atoms with Crippen LogP contribution in [0.4, 0.5) is 10.1 Å². The van der Waals surface area contributed by atoms with Gasteiger partial charge in [-0.15, -0.1) is 0 Å². The summed E-state index contributed by atoms with van der Waals surface area (Å²) in [6, 6.07) is 10.1. The Bertz CT molecular complexity index is 1050. The molecule has 0 radical (unpaired) electrons. The molecule has 1 atom stereocenters. The number of carbonyl (C=O) groups excluding carboxylic acids is 4. The van der Waals surface area contributed by atoms with Gasteiger partial charge < -0.3 is 9.64 Å². The number of rotatable bonds is 6. The zero-order valence-corrected chi connectivity index (χ0v) is 18.4. The van der Waals surface area contributed by atoms with E-state index in [9.17, 15) is 23.6 Å². The van der Waals surface area contributed by atoms with Crippen LogP contribution in [0.5, 0.6) is 5.75 Å². The van der Waals surface area contributed by atoms with Gasteiger partial charge in [0.05, 0.1) is 12.1 Å². The molecule has 2 aromatic carbocycles. The standard InChI is InChI=1S/C24H25FN2O5/c1-5-24(3,4)27(22(30)16-6-8-17(25)9-7-16)20-14-21(29)26(23(20)31)18-10-12-19(13-11-18)32-15(2)28/h6-13,20H,5,14H2,1-4H3. The summed E-state index contributed by atoms with van der Waals surface area (Å²) in [7, 11) is 0. The summed E-state index contributed by atoms with van der Waals surface area (Å²) in [6.45, 7) is 6.80. The van der Waals surface area contributed by atoms with Gasteiger partial charge in [0, 0.05) is 18.0 Å². The molecule has 3 amide bonds. The number of esters is 1. The Labute approximate surface area is 185 Å². The number of hydrogen-bond donors (Lipinski definition) is 0. The van der Waals surface area contributed by atoms with Gasteiger partial charge in [0.25, 0.3) is 11.8 Å². The summed E-state index contributed by atoms with van der Waals surface area (Å²) in [5.41, 5.74) is -0.180. The third-order valence-corrected chi connectivity index (χ3v) is 5.62. The Balaban J connectivity index is 1.94. The van der Waals surface area contributed by atoms with Gasteiger partial charge in [-0.25, -0.2) is 9.29 Å². The molecule has 8 heteroatoms. The van der Waals surface area contributed by atoms with E-state index in [4.69, 9.17) is 4.74 Å². The molecule has 168 valence electrons. The minimum Gasteiger partial charge on any atom is -0.427 e. The molecule has 0 spiro atoms. The van der Waals surface area contributed by atoms with Crippen molar-refractivity contribution in [3.05, 3.63) is 59.9 Å². The fourth-order valence-corrected chi connectivity index (χ4v) is 3.66. The lowest BCUT2D eigenvalue weighted by Crippen LogP contribution is -2.55. The molecule has 1 saturated heterocycles. The molecule has 1 fully saturated rings. The Kier molecular flexibility index (Phi) is 6.43. The number of imide groups is 1. The highest BCUT2D eigenvalue weighted by Crippen LogP contribution is 2.33. The average Bonchev–Trinajstić information content (AvgIpc) is 3.02. The van der Waals surface area contributed by atoms with Gasteiger partial charge in [-0.1, -0.05) is 6.92 Å². The summed E-state index contributed by atoms with van der Waals surface area (Å²) in [4.78, 5) is 53.1. The van der Waals surface area contributed by atoms with Crippen molar-refractivity contribution in [3.63, 3.8) is 0 Å². The maximum atomic E-state index is 13.4. The highest BCUT2D eigenvalue weighted by molar-refractivity contribution is 6.23. The summed E-state index contributed by atoms with van der Waals surface area (Å²) in [5, 5.41) is 0. The van der Waals surface area contributed by atoms with Crippen molar-refractivity contribution >= 4 is 29.4 Å². The molecule has 0 bridgehead atoms. The van der Waals surface area contributed by atoms with Crippen molar-refractivity contribution in [1.29, 1.82) is 0 Å². The molecule has 0 saturated carbocycles. The van der Waals surface area contributed by atoms with Crippen molar-refractivity contribution in [3.8, 4) is 5.75 Å². The van der Waals surface area contributed by atoms with Crippen LogP contribution in [0, 0.1) is 5.82 Å². The van der Waals surface area contributed by atoms with Crippen molar-refractivity contribution in [1.82, 2.24) is 4.90 Å². The number of hydrogen-bond acceptors (Lipinski definition) is 5. The van der Waals surface area contributed by atoms with E-state index in [0.29, 0.717) is 12.1 Å². The van der Waals surface area contributed by atoms with Crippen LogP contribution < -0.4 is 9.64 Å². The average molecular weight is 440 g/mol. The Hall–Kier alpha value is -3.55. The maximum absolute atomic E-state index is 13.4. The predicted octanol–water partition coefficient (Wildman–Crippen LogP) is 3.71. The first kappa shape index (κ1) is 23.1. The molecule has 3 rings (SSSR count). The van der Waals surface area contributed by atoms with E-state index in [0.717, 1.165) is 4.90 Å². The molecule has 0 aliphatic carbocycles. The molecule has 2 aromatic rings. The van der Waals surface area contributed by atoms with Crippen molar-refractivity contribution in [2.24, 2.45) is 0 Å². The molecule has 0 N–H and O–H groups in total. The summed E-state index contributed by atoms with van der Waals surface area (Å²) < 4.78 is 18.3. The fraction of sp³-hybridized carbons (Fsp3) is 0.333. The third kappa shape index (κ3) is 4.54. The van der Waals surface area contributed by atoms with Crippen LogP contribution >= 0.6 is 0 Å². The largest absolute Gasteiger partial charge is 0.427 e. The van der Waals surface area contributed by atoms with Gasteiger partial charge >= 0.3 is 5.97 Å². The van der Waals surface area contributed by atoms with E-state index in [1.54, 1.807) is 0 Å². The fourth-order valence-electron chi connectivity index (χ4n) is 3.66. The van der Waals surface area contributed by atoms with Crippen LogP contribution in [0.25, 0.3) is 0 Å². The van der Waals surface area contributed by atoms with E-state index < -0.39 is 41.1 Å². The molecule has 7 nitrogen and oxygen atoms in total. The number of halogens is 1. The molecule has 1 unspecified atom stereocenters. The molecular weight excluding hydrogens is 415 g/mol. The number of ether oxygens (including phenoxy) is 1. The third-order valence-electron chi connectivity index (χ3n) is 5.62. The predicted molar refractivity (Wildman–Crippen MR) is 116 cm³/mol. The minimum absolute atomic E-state index is 0.166. The van der Waals surface area contributed by atoms with Gasteiger partial charge in [-0.2, -0.15) is 0 Å². The van der Waals surface area contributed by atoms with E-state index >= 15 is 0 Å². The summed E-state index contributed by atoms with van der Waals surface area (Å²) >= 11 is 0. The van der Waals surface area contributed by atoms with Crippen LogP contribution in [0.2, 0.25) is 0 Å². The van der Waals surface area contributed by atoms with Crippen LogP contribution in [-0.4, -0.2) is 40.2 Å². The normalized spacial score (nSPS) is 16.3. The monoisotopic (exact) mass is 440 g/mol. The summed E-state index contributed by atoms with van der Waals surface area (Å²) in [6.07, 6.45) is 0.371. The first-order valence-electron chi connectivity index (χ1n) is 10.3. The lowest BCUT2D eigenvalue weighted by atomic mass is 9.94. The van der Waals surface area contributed by atoms with Gasteiger partial charge in [-0.05, 0) is 68.8 Å². The zero-order chi connectivity index (χ0) is 23.6. The van der Waals surface area contributed by atoms with Gasteiger partial charge in [0.1, 0.15) is 17.6 Å². The van der Waals surface area contributed by atoms with E-state index in [1.807, 2.05) is 20.8 Å². The number of anilines is 1. The first-order valence-corrected chi connectivity index (χ1v) is 10.3. The lowest BCUT2D eigenvalue weighted by Gasteiger charge is -2.41. The highest BCUT2D eigenvalue weighted by Gasteiger charge is 2.48. The second-order valence-electron chi connectivity index (χ2n) is 8.22. The number of nitrogens with zero attached hydrogens (tertiary/aromatic N) is 2. The van der Waals surface area contributed by atoms with E-state index in [1.165, 1.54) is 60.4 Å². The topological polar surface area (TPSA) is 84.0 Å². The number of amides is 3. The molecule has 1 heterocycles. The second-order valence-corrected chi connectivity index (χ2v) is 8.22. The Morgan fingerprint density at radius 1 is 1.09 bits per heavy atom. The SMILES string of the molecule is CCC(C)(C)N(C(=O)c1ccc(F)cc1)C1CC(=O)N(c2ccc(OC(C)=O)cc2)C1=O. The van der Waals surface area contributed by atoms with Gasteiger partial charge in [0.15, 0.2) is 0 Å². The quantitative estimate of drug-likeness (QED) is 0.388. The minimum atomic E-state index is -0.997. The number of carbonyl (C=O) groups is 4. The Morgan fingerprint density at radius 2 is 1.69 bits per heavy atom. The van der Waals surface area contributed by atoms with E-state index in [-0.39, 0.29) is 17.7 Å². The van der Waals surface area contributed by atoms with Crippen molar-refractivity contribution < 1.29 is 28.3 Å². The van der Waals surface area contributed by atoms with Gasteiger partial charge in [0.2, 0.25) is 5.91 Å². The highest BCUT2D eigenvalue weighted by atomic mass is 19.1. The summed E-state index contributed by atoms with van der Waals surface area (Å²) in [5.74, 6) is -2.08. The molecule has 0 aromatic heterocycles. The molecule has 1 aliphatic heterocycles. The van der Waals surface area contributed by atoms with Crippen molar-refractivity contribution in [2.45, 2.75) is 52.1 Å². The van der Waals surface area contributed by atoms with Crippen LogP contribution in [0.3, 0.4) is 0 Å². The molecular formula is C24H25FN2O5. The molecule has 32 heavy (non-hydrogen) atoms. The lowest BCUT2D eigenvalue weighted by molar-refractivity contribution is -0.132. The first-order chi connectivity index (χ1) is 15.0. The molecule has 1 aliphatic rings. The van der Waals surface area contributed by atoms with E-state index in [2.05, 4.69) is 0 Å². The van der Waals surface area contributed by atoms with Gasteiger partial charge in [-0.3, -0.25) is 19.2 Å².